The van der Waals surface area contributed by atoms with Gasteiger partial charge in [0, 0.05) is 37.7 Å². The molecule has 7 nitrogen and oxygen atoms in total. The average molecular weight is 399 g/mol. The van der Waals surface area contributed by atoms with Crippen LogP contribution in [-0.4, -0.2) is 47.9 Å². The van der Waals surface area contributed by atoms with Crippen molar-refractivity contribution in [2.45, 2.75) is 39.2 Å². The molecule has 3 rings (SSSR count). The molecule has 0 aliphatic carbocycles. The standard InChI is InChI=1S/C22H29N3O4/c1-16-6-4-12-24(15-16)20(26)7-5-13-25-21(27)14-19(29-3)22(23-25)17-8-10-18(28-2)11-9-17/h8-11,14,16H,4-7,12-13,15H2,1-3H3/t16-/m1/s1. The van der Waals surface area contributed by atoms with Crippen LogP contribution in [0.1, 0.15) is 32.6 Å². The molecule has 1 saturated heterocycles. The minimum Gasteiger partial charge on any atom is -0.497 e. The molecule has 29 heavy (non-hydrogen) atoms. The number of ether oxygens (including phenoxy) is 2. The zero-order valence-corrected chi connectivity index (χ0v) is 17.4. The number of aryl methyl sites for hydroxylation is 1. The molecule has 0 bridgehead atoms. The molecule has 1 aromatic heterocycles. The van der Waals surface area contributed by atoms with E-state index in [0.29, 0.717) is 36.7 Å². The van der Waals surface area contributed by atoms with Crippen LogP contribution < -0.4 is 15.0 Å². The first kappa shape index (κ1) is 20.9. The fraction of sp³-hybridized carbons (Fsp3) is 0.500. The quantitative estimate of drug-likeness (QED) is 0.716. The fourth-order valence-electron chi connectivity index (χ4n) is 3.69. The topological polar surface area (TPSA) is 73.7 Å². The van der Waals surface area contributed by atoms with Crippen LogP contribution in [0.3, 0.4) is 0 Å². The summed E-state index contributed by atoms with van der Waals surface area (Å²) in [5.41, 5.74) is 1.18. The Morgan fingerprint density at radius 3 is 2.62 bits per heavy atom. The largest absolute Gasteiger partial charge is 0.497 e. The Morgan fingerprint density at radius 1 is 1.21 bits per heavy atom. The molecule has 2 heterocycles. The molecule has 1 atom stereocenters. The second-order valence-electron chi connectivity index (χ2n) is 7.54. The van der Waals surface area contributed by atoms with Crippen molar-refractivity contribution in [3.63, 3.8) is 0 Å². The summed E-state index contributed by atoms with van der Waals surface area (Å²) in [5, 5.41) is 4.50. The Morgan fingerprint density at radius 2 is 1.97 bits per heavy atom. The third-order valence-corrected chi connectivity index (χ3v) is 5.32. The van der Waals surface area contributed by atoms with Crippen molar-refractivity contribution in [3.8, 4) is 22.8 Å². The summed E-state index contributed by atoms with van der Waals surface area (Å²) in [6, 6.07) is 8.87. The molecule has 7 heteroatoms. The second-order valence-corrected chi connectivity index (χ2v) is 7.54. The molecule has 1 amide bonds. The number of methoxy groups -OCH3 is 2. The van der Waals surface area contributed by atoms with Crippen molar-refractivity contribution in [3.05, 3.63) is 40.7 Å². The van der Waals surface area contributed by atoms with Crippen molar-refractivity contribution in [1.29, 1.82) is 0 Å². The first-order valence-electron chi connectivity index (χ1n) is 10.1. The van der Waals surface area contributed by atoms with Gasteiger partial charge in [-0.05, 0) is 49.4 Å². The first-order valence-corrected chi connectivity index (χ1v) is 10.1. The summed E-state index contributed by atoms with van der Waals surface area (Å²) in [6.07, 6.45) is 3.25. The van der Waals surface area contributed by atoms with Gasteiger partial charge in [-0.25, -0.2) is 4.68 Å². The highest BCUT2D eigenvalue weighted by molar-refractivity contribution is 5.76. The molecule has 156 valence electrons. The van der Waals surface area contributed by atoms with Gasteiger partial charge in [0.05, 0.1) is 14.2 Å². The molecule has 1 fully saturated rings. The number of benzene rings is 1. The van der Waals surface area contributed by atoms with E-state index in [1.165, 1.54) is 24.3 Å². The van der Waals surface area contributed by atoms with Gasteiger partial charge in [-0.15, -0.1) is 0 Å². The SMILES string of the molecule is COc1ccc(-c2nn(CCCC(=O)N3CCC[C@@H](C)C3)c(=O)cc2OC)cc1. The fourth-order valence-corrected chi connectivity index (χ4v) is 3.69. The van der Waals surface area contributed by atoms with E-state index in [1.807, 2.05) is 29.2 Å². The number of carbonyl (C=O) groups is 1. The van der Waals surface area contributed by atoms with Crippen molar-refractivity contribution >= 4 is 5.91 Å². The molecule has 0 spiro atoms. The number of hydrogen-bond donors (Lipinski definition) is 0. The number of rotatable bonds is 7. The smallest absolute Gasteiger partial charge is 0.270 e. The van der Waals surface area contributed by atoms with Crippen molar-refractivity contribution in [2.75, 3.05) is 27.3 Å². The van der Waals surface area contributed by atoms with Crippen LogP contribution in [0, 0.1) is 5.92 Å². The van der Waals surface area contributed by atoms with E-state index in [4.69, 9.17) is 9.47 Å². The van der Waals surface area contributed by atoms with Crippen LogP contribution in [0.25, 0.3) is 11.3 Å². The number of piperidine rings is 1. The van der Waals surface area contributed by atoms with Gasteiger partial charge in [-0.2, -0.15) is 5.10 Å². The maximum Gasteiger partial charge on any atom is 0.270 e. The van der Waals surface area contributed by atoms with Crippen molar-refractivity contribution < 1.29 is 14.3 Å². The second kappa shape index (κ2) is 9.58. The summed E-state index contributed by atoms with van der Waals surface area (Å²) in [7, 11) is 3.13. The van der Waals surface area contributed by atoms with Gasteiger partial charge >= 0.3 is 0 Å². The predicted octanol–water partition coefficient (Wildman–Crippen LogP) is 2.97. The number of amides is 1. The Kier molecular flexibility index (Phi) is 6.90. The molecule has 0 radical (unpaired) electrons. The molecular formula is C22H29N3O4. The number of nitrogens with zero attached hydrogens (tertiary/aromatic N) is 3. The lowest BCUT2D eigenvalue weighted by molar-refractivity contribution is -0.133. The minimum absolute atomic E-state index is 0.161. The van der Waals surface area contributed by atoms with Crippen LogP contribution in [-0.2, 0) is 11.3 Å². The number of hydrogen-bond acceptors (Lipinski definition) is 5. The molecule has 0 N–H and O–H groups in total. The van der Waals surface area contributed by atoms with Gasteiger partial charge in [-0.3, -0.25) is 9.59 Å². The lowest BCUT2D eigenvalue weighted by Gasteiger charge is -2.31. The minimum atomic E-state index is -0.238. The third-order valence-electron chi connectivity index (χ3n) is 5.32. The lowest BCUT2D eigenvalue weighted by atomic mass is 10.00. The third kappa shape index (κ3) is 5.16. The Bertz CT molecular complexity index is 892. The number of carbonyl (C=O) groups excluding carboxylic acids is 1. The predicted molar refractivity (Wildman–Crippen MR) is 111 cm³/mol. The van der Waals surface area contributed by atoms with Crippen LogP contribution in [0.4, 0.5) is 0 Å². The molecular weight excluding hydrogens is 370 g/mol. The normalized spacial score (nSPS) is 16.5. The van der Waals surface area contributed by atoms with Crippen LogP contribution in [0.5, 0.6) is 11.5 Å². The van der Waals surface area contributed by atoms with E-state index in [-0.39, 0.29) is 11.5 Å². The van der Waals surface area contributed by atoms with Crippen molar-refractivity contribution in [2.24, 2.45) is 5.92 Å². The molecule has 2 aromatic rings. The molecule has 0 saturated carbocycles. The van der Waals surface area contributed by atoms with E-state index in [1.54, 1.807) is 7.11 Å². The van der Waals surface area contributed by atoms with Gasteiger partial charge in [-0.1, -0.05) is 6.92 Å². The van der Waals surface area contributed by atoms with E-state index in [9.17, 15) is 9.59 Å². The molecule has 1 aliphatic rings. The van der Waals surface area contributed by atoms with Gasteiger partial charge in [0.1, 0.15) is 11.4 Å². The van der Waals surface area contributed by atoms with E-state index in [2.05, 4.69) is 12.0 Å². The average Bonchev–Trinajstić information content (AvgIpc) is 2.74. The maximum atomic E-state index is 12.5. The summed E-state index contributed by atoms with van der Waals surface area (Å²) in [4.78, 5) is 26.8. The van der Waals surface area contributed by atoms with Gasteiger partial charge < -0.3 is 14.4 Å². The zero-order valence-electron chi connectivity index (χ0n) is 17.4. The van der Waals surface area contributed by atoms with Gasteiger partial charge in [0.15, 0.2) is 5.75 Å². The zero-order chi connectivity index (χ0) is 20.8. The highest BCUT2D eigenvalue weighted by Gasteiger charge is 2.20. The van der Waals surface area contributed by atoms with Gasteiger partial charge in [0.25, 0.3) is 5.56 Å². The maximum absolute atomic E-state index is 12.5. The molecule has 1 aromatic carbocycles. The lowest BCUT2D eigenvalue weighted by Crippen LogP contribution is -2.39. The Hall–Kier alpha value is -2.83. The Balaban J connectivity index is 1.70. The van der Waals surface area contributed by atoms with Crippen LogP contribution >= 0.6 is 0 Å². The van der Waals surface area contributed by atoms with Crippen LogP contribution in [0.2, 0.25) is 0 Å². The summed E-state index contributed by atoms with van der Waals surface area (Å²) < 4.78 is 12.0. The number of likely N-dealkylation sites (tertiary alicyclic amines) is 1. The van der Waals surface area contributed by atoms with Crippen molar-refractivity contribution in [1.82, 2.24) is 14.7 Å². The van der Waals surface area contributed by atoms with E-state index < -0.39 is 0 Å². The molecule has 1 aliphatic heterocycles. The monoisotopic (exact) mass is 399 g/mol. The Labute approximate surface area is 171 Å². The highest BCUT2D eigenvalue weighted by atomic mass is 16.5. The summed E-state index contributed by atoms with van der Waals surface area (Å²) in [5.74, 6) is 1.89. The highest BCUT2D eigenvalue weighted by Crippen LogP contribution is 2.27. The molecule has 0 unspecified atom stereocenters. The summed E-state index contributed by atoms with van der Waals surface area (Å²) >= 11 is 0. The summed E-state index contributed by atoms with van der Waals surface area (Å²) in [6.45, 7) is 4.24. The van der Waals surface area contributed by atoms with E-state index >= 15 is 0 Å². The number of aromatic nitrogens is 2. The van der Waals surface area contributed by atoms with Gasteiger partial charge in [0.2, 0.25) is 5.91 Å². The first-order chi connectivity index (χ1) is 14.0. The van der Waals surface area contributed by atoms with E-state index in [0.717, 1.165) is 30.8 Å². The van der Waals surface area contributed by atoms with Crippen LogP contribution in [0.15, 0.2) is 35.1 Å².